The molecule has 0 spiro atoms. The average molecular weight is 291 g/mol. The monoisotopic (exact) mass is 290 g/mol. The molecule has 0 radical (unpaired) electrons. The highest BCUT2D eigenvalue weighted by Crippen LogP contribution is 2.07. The lowest BCUT2D eigenvalue weighted by atomic mass is 10.2. The van der Waals surface area contributed by atoms with E-state index in [2.05, 4.69) is 15.9 Å². The molecule has 5 heteroatoms. The van der Waals surface area contributed by atoms with E-state index in [1.165, 1.54) is 0 Å². The molecule has 0 aromatic heterocycles. The van der Waals surface area contributed by atoms with Crippen LogP contribution >= 0.6 is 15.9 Å². The summed E-state index contributed by atoms with van der Waals surface area (Å²) in [6.45, 7) is 4.31. The van der Waals surface area contributed by atoms with Crippen molar-refractivity contribution < 1.29 is 9.59 Å². The van der Waals surface area contributed by atoms with Gasteiger partial charge in [-0.05, 0) is 12.8 Å². The van der Waals surface area contributed by atoms with Gasteiger partial charge in [0.05, 0.1) is 0 Å². The van der Waals surface area contributed by atoms with Crippen LogP contribution in [0.15, 0.2) is 0 Å². The Balaban J connectivity index is 2.25. The predicted molar refractivity (Wildman–Crippen MR) is 66.5 cm³/mol. The van der Waals surface area contributed by atoms with Gasteiger partial charge < -0.3 is 9.80 Å². The van der Waals surface area contributed by atoms with Crippen molar-refractivity contribution in [2.75, 3.05) is 31.5 Å². The zero-order valence-corrected chi connectivity index (χ0v) is 11.3. The SMILES string of the molecule is CC(=O)N1CCN(C(=O)CCCCBr)CC1. The summed E-state index contributed by atoms with van der Waals surface area (Å²) in [6.07, 6.45) is 2.61. The first kappa shape index (κ1) is 13.5. The highest BCUT2D eigenvalue weighted by Gasteiger charge is 2.21. The van der Waals surface area contributed by atoms with Crippen LogP contribution in [0.3, 0.4) is 0 Å². The Bertz CT molecular complexity index is 250. The largest absolute Gasteiger partial charge is 0.339 e. The Morgan fingerprint density at radius 2 is 1.62 bits per heavy atom. The lowest BCUT2D eigenvalue weighted by Gasteiger charge is -2.34. The molecule has 1 rings (SSSR count). The van der Waals surface area contributed by atoms with Gasteiger partial charge in [-0.3, -0.25) is 9.59 Å². The number of carbonyl (C=O) groups is 2. The molecule has 0 aliphatic carbocycles. The molecule has 0 unspecified atom stereocenters. The fraction of sp³-hybridized carbons (Fsp3) is 0.818. The van der Waals surface area contributed by atoms with Gasteiger partial charge in [-0.1, -0.05) is 15.9 Å². The first-order valence-corrected chi connectivity index (χ1v) is 6.86. The molecule has 0 atom stereocenters. The van der Waals surface area contributed by atoms with Crippen molar-refractivity contribution in [3.63, 3.8) is 0 Å². The summed E-state index contributed by atoms with van der Waals surface area (Å²) in [5, 5.41) is 0.957. The maximum Gasteiger partial charge on any atom is 0.222 e. The smallest absolute Gasteiger partial charge is 0.222 e. The van der Waals surface area contributed by atoms with E-state index in [0.29, 0.717) is 32.6 Å². The average Bonchev–Trinajstić information content (AvgIpc) is 2.29. The van der Waals surface area contributed by atoms with Gasteiger partial charge in [0.1, 0.15) is 0 Å². The van der Waals surface area contributed by atoms with Gasteiger partial charge in [0.25, 0.3) is 0 Å². The number of alkyl halides is 1. The molecule has 1 saturated heterocycles. The number of halogens is 1. The van der Waals surface area contributed by atoms with Crippen LogP contribution in [0.1, 0.15) is 26.2 Å². The van der Waals surface area contributed by atoms with Crippen LogP contribution in [-0.4, -0.2) is 53.1 Å². The molecule has 1 heterocycles. The fourth-order valence-corrected chi connectivity index (χ4v) is 2.20. The Morgan fingerprint density at radius 3 is 2.12 bits per heavy atom. The number of piperazine rings is 1. The quantitative estimate of drug-likeness (QED) is 0.577. The number of hydrogen-bond donors (Lipinski definition) is 0. The molecule has 0 aromatic carbocycles. The first-order valence-electron chi connectivity index (χ1n) is 5.74. The van der Waals surface area contributed by atoms with Crippen LogP contribution in [-0.2, 0) is 9.59 Å². The number of rotatable bonds is 4. The molecule has 92 valence electrons. The van der Waals surface area contributed by atoms with Crippen molar-refractivity contribution in [2.45, 2.75) is 26.2 Å². The molecule has 1 fully saturated rings. The van der Waals surface area contributed by atoms with Gasteiger partial charge in [0.15, 0.2) is 0 Å². The van der Waals surface area contributed by atoms with Gasteiger partial charge in [0, 0.05) is 44.9 Å². The fourth-order valence-electron chi connectivity index (χ4n) is 1.80. The molecule has 0 saturated carbocycles. The molecular weight excluding hydrogens is 272 g/mol. The van der Waals surface area contributed by atoms with Crippen LogP contribution in [0.4, 0.5) is 0 Å². The highest BCUT2D eigenvalue weighted by atomic mass is 79.9. The first-order chi connectivity index (χ1) is 7.65. The maximum atomic E-state index is 11.8. The number of hydrogen-bond acceptors (Lipinski definition) is 2. The summed E-state index contributed by atoms with van der Waals surface area (Å²) in [5.74, 6) is 0.329. The van der Waals surface area contributed by atoms with E-state index in [0.717, 1.165) is 18.2 Å². The molecular formula is C11H19BrN2O2. The van der Waals surface area contributed by atoms with Gasteiger partial charge in [0.2, 0.25) is 11.8 Å². The normalized spacial score (nSPS) is 16.4. The van der Waals surface area contributed by atoms with Gasteiger partial charge in [-0.15, -0.1) is 0 Å². The standard InChI is InChI=1S/C11H19BrN2O2/c1-10(15)13-6-8-14(9-7-13)11(16)4-2-3-5-12/h2-9H2,1H3. The summed E-state index contributed by atoms with van der Waals surface area (Å²) in [5.41, 5.74) is 0. The summed E-state index contributed by atoms with van der Waals surface area (Å²) in [6, 6.07) is 0. The van der Waals surface area contributed by atoms with E-state index in [-0.39, 0.29) is 11.8 Å². The minimum atomic E-state index is 0.103. The maximum absolute atomic E-state index is 11.8. The Hall–Kier alpha value is -0.580. The second kappa shape index (κ2) is 6.89. The zero-order valence-electron chi connectivity index (χ0n) is 9.75. The minimum absolute atomic E-state index is 0.103. The topological polar surface area (TPSA) is 40.6 Å². The molecule has 0 bridgehead atoms. The number of nitrogens with zero attached hydrogens (tertiary/aromatic N) is 2. The van der Waals surface area contributed by atoms with Gasteiger partial charge >= 0.3 is 0 Å². The Morgan fingerprint density at radius 1 is 1.06 bits per heavy atom. The summed E-state index contributed by atoms with van der Waals surface area (Å²) < 4.78 is 0. The summed E-state index contributed by atoms with van der Waals surface area (Å²) in [4.78, 5) is 26.5. The number of carbonyl (C=O) groups excluding carboxylic acids is 2. The molecule has 1 aliphatic rings. The van der Waals surface area contributed by atoms with E-state index in [1.807, 2.05) is 4.90 Å². The van der Waals surface area contributed by atoms with Crippen molar-refractivity contribution in [3.8, 4) is 0 Å². The van der Waals surface area contributed by atoms with Crippen molar-refractivity contribution in [3.05, 3.63) is 0 Å². The molecule has 16 heavy (non-hydrogen) atoms. The molecule has 1 aliphatic heterocycles. The van der Waals surface area contributed by atoms with Crippen LogP contribution in [0, 0.1) is 0 Å². The molecule has 0 aromatic rings. The summed E-state index contributed by atoms with van der Waals surface area (Å²) >= 11 is 3.35. The van der Waals surface area contributed by atoms with E-state index in [1.54, 1.807) is 11.8 Å². The predicted octanol–water partition coefficient (Wildman–Crippen LogP) is 1.24. The molecule has 0 N–H and O–H groups in total. The molecule has 4 nitrogen and oxygen atoms in total. The third-order valence-electron chi connectivity index (χ3n) is 2.85. The van der Waals surface area contributed by atoms with E-state index in [4.69, 9.17) is 0 Å². The van der Waals surface area contributed by atoms with Crippen molar-refractivity contribution in [2.24, 2.45) is 0 Å². The lowest BCUT2D eigenvalue weighted by Crippen LogP contribution is -2.50. The second-order valence-corrected chi connectivity index (χ2v) is 4.83. The minimum Gasteiger partial charge on any atom is -0.339 e. The van der Waals surface area contributed by atoms with Crippen LogP contribution < -0.4 is 0 Å². The van der Waals surface area contributed by atoms with Crippen LogP contribution in [0.25, 0.3) is 0 Å². The van der Waals surface area contributed by atoms with Crippen molar-refractivity contribution in [1.82, 2.24) is 9.80 Å². The van der Waals surface area contributed by atoms with Crippen LogP contribution in [0.5, 0.6) is 0 Å². The van der Waals surface area contributed by atoms with E-state index < -0.39 is 0 Å². The lowest BCUT2D eigenvalue weighted by molar-refractivity contribution is -0.138. The van der Waals surface area contributed by atoms with Crippen LogP contribution in [0.2, 0.25) is 0 Å². The third kappa shape index (κ3) is 4.12. The molecule has 2 amide bonds. The zero-order chi connectivity index (χ0) is 12.0. The van der Waals surface area contributed by atoms with Gasteiger partial charge in [-0.25, -0.2) is 0 Å². The van der Waals surface area contributed by atoms with Gasteiger partial charge in [-0.2, -0.15) is 0 Å². The second-order valence-electron chi connectivity index (χ2n) is 4.03. The Kier molecular flexibility index (Phi) is 5.80. The number of unbranched alkanes of at least 4 members (excludes halogenated alkanes) is 1. The van der Waals surface area contributed by atoms with E-state index >= 15 is 0 Å². The summed E-state index contributed by atoms with van der Waals surface area (Å²) in [7, 11) is 0. The van der Waals surface area contributed by atoms with Crippen molar-refractivity contribution in [1.29, 1.82) is 0 Å². The van der Waals surface area contributed by atoms with E-state index in [9.17, 15) is 9.59 Å². The number of amides is 2. The van der Waals surface area contributed by atoms with Crippen molar-refractivity contribution >= 4 is 27.7 Å². The third-order valence-corrected chi connectivity index (χ3v) is 3.41. The Labute approximate surface area is 105 Å². The highest BCUT2D eigenvalue weighted by molar-refractivity contribution is 9.09.